The predicted octanol–water partition coefficient (Wildman–Crippen LogP) is 4.94. The number of aliphatic hydroxyl groups is 1. The van der Waals surface area contributed by atoms with Gasteiger partial charge in [-0.15, -0.1) is 10.2 Å². The highest BCUT2D eigenvalue weighted by Crippen LogP contribution is 2.32. The smallest absolute Gasteiger partial charge is 0.115 e. The third-order valence-electron chi connectivity index (χ3n) is 4.34. The second-order valence-corrected chi connectivity index (χ2v) is 7.85. The maximum atomic E-state index is 9.65. The fourth-order valence-corrected chi connectivity index (χ4v) is 3.35. The topological polar surface area (TPSA) is 50.9 Å². The molecule has 0 aliphatic heterocycles. The molecule has 0 bridgehead atoms. The number of aliphatic hydroxyl groups excluding tert-OH is 1. The van der Waals surface area contributed by atoms with E-state index in [0.717, 1.165) is 27.8 Å². The number of allylic oxidation sites excluding steroid dienone is 1. The van der Waals surface area contributed by atoms with Crippen molar-refractivity contribution in [2.45, 2.75) is 39.5 Å². The molecule has 1 heterocycles. The van der Waals surface area contributed by atoms with Crippen molar-refractivity contribution in [3.05, 3.63) is 58.1 Å². The summed E-state index contributed by atoms with van der Waals surface area (Å²) in [5, 5.41) is 19.5. The molecule has 0 unspecified atom stereocenters. The third kappa shape index (κ3) is 3.67. The molecular formula is C21H24ClN3O. The number of rotatable bonds is 4. The highest BCUT2D eigenvalue weighted by molar-refractivity contribution is 6.31. The van der Waals surface area contributed by atoms with Crippen molar-refractivity contribution in [1.82, 2.24) is 15.0 Å². The number of hydrogen-bond donors (Lipinski definition) is 1. The number of benzene rings is 2. The lowest BCUT2D eigenvalue weighted by molar-refractivity contribution is 0.298. The number of nitrogens with zero attached hydrogens (tertiary/aromatic N) is 3. The first-order valence-corrected chi connectivity index (χ1v) is 9.15. The van der Waals surface area contributed by atoms with Crippen LogP contribution in [0.2, 0.25) is 5.02 Å². The molecule has 0 saturated heterocycles. The molecule has 1 aromatic heterocycles. The van der Waals surface area contributed by atoms with Gasteiger partial charge in [-0.05, 0) is 59.7 Å². The largest absolute Gasteiger partial charge is 0.396 e. The summed E-state index contributed by atoms with van der Waals surface area (Å²) < 4.78 is 0. The van der Waals surface area contributed by atoms with Gasteiger partial charge in [0.05, 0.1) is 5.69 Å². The Balaban J connectivity index is 2.30. The minimum absolute atomic E-state index is 0.0628. The van der Waals surface area contributed by atoms with E-state index < -0.39 is 0 Å². The molecule has 1 N–H and O–H groups in total. The van der Waals surface area contributed by atoms with Crippen LogP contribution in [0.5, 0.6) is 0 Å². The van der Waals surface area contributed by atoms with Gasteiger partial charge in [-0.3, -0.25) is 0 Å². The Bertz CT molecular complexity index is 967. The van der Waals surface area contributed by atoms with Gasteiger partial charge in [0.15, 0.2) is 0 Å². The van der Waals surface area contributed by atoms with Crippen LogP contribution in [-0.2, 0) is 11.8 Å². The number of fused-ring (bicyclic) bond motifs is 1. The van der Waals surface area contributed by atoms with Crippen molar-refractivity contribution in [1.29, 1.82) is 0 Å². The molecule has 0 aliphatic carbocycles. The van der Waals surface area contributed by atoms with Crippen LogP contribution >= 0.6 is 11.6 Å². The van der Waals surface area contributed by atoms with Gasteiger partial charge in [-0.2, -0.15) is 4.80 Å². The highest BCUT2D eigenvalue weighted by Gasteiger charge is 2.22. The van der Waals surface area contributed by atoms with E-state index in [-0.39, 0.29) is 12.0 Å². The average Bonchev–Trinajstić information content (AvgIpc) is 2.98. The van der Waals surface area contributed by atoms with Gasteiger partial charge in [0.25, 0.3) is 0 Å². The van der Waals surface area contributed by atoms with E-state index in [2.05, 4.69) is 49.2 Å². The van der Waals surface area contributed by atoms with E-state index in [4.69, 9.17) is 11.6 Å². The van der Waals surface area contributed by atoms with Gasteiger partial charge < -0.3 is 5.11 Å². The van der Waals surface area contributed by atoms with Crippen molar-refractivity contribution >= 4 is 28.7 Å². The van der Waals surface area contributed by atoms with E-state index in [0.29, 0.717) is 11.4 Å². The van der Waals surface area contributed by atoms with Gasteiger partial charge in [0.2, 0.25) is 0 Å². The molecule has 0 aliphatic rings. The minimum atomic E-state index is -0.0628. The maximum Gasteiger partial charge on any atom is 0.115 e. The van der Waals surface area contributed by atoms with E-state index in [1.165, 1.54) is 5.56 Å². The average molecular weight is 370 g/mol. The van der Waals surface area contributed by atoms with E-state index in [9.17, 15) is 5.11 Å². The van der Waals surface area contributed by atoms with Crippen LogP contribution in [0, 0.1) is 0 Å². The van der Waals surface area contributed by atoms with E-state index in [1.807, 2.05) is 31.2 Å². The molecule has 2 aromatic carbocycles. The molecule has 0 amide bonds. The molecule has 5 heteroatoms. The number of aromatic nitrogens is 3. The van der Waals surface area contributed by atoms with Gasteiger partial charge >= 0.3 is 0 Å². The summed E-state index contributed by atoms with van der Waals surface area (Å²) in [4.78, 5) is 1.66. The van der Waals surface area contributed by atoms with Gasteiger partial charge in [0, 0.05) is 11.6 Å². The lowest BCUT2D eigenvalue weighted by Gasteiger charge is -2.25. The summed E-state index contributed by atoms with van der Waals surface area (Å²) in [6.07, 6.45) is 4.64. The van der Waals surface area contributed by atoms with Crippen LogP contribution in [0.15, 0.2) is 36.4 Å². The van der Waals surface area contributed by atoms with Crippen LogP contribution in [0.1, 0.15) is 44.4 Å². The summed E-state index contributed by atoms with van der Waals surface area (Å²) >= 11 is 6.09. The van der Waals surface area contributed by atoms with Crippen molar-refractivity contribution in [3.63, 3.8) is 0 Å². The van der Waals surface area contributed by atoms with Crippen molar-refractivity contribution in [2.75, 3.05) is 6.61 Å². The molecular weight excluding hydrogens is 346 g/mol. The predicted molar refractivity (Wildman–Crippen MR) is 108 cm³/mol. The first-order valence-electron chi connectivity index (χ1n) is 8.77. The molecule has 3 aromatic rings. The van der Waals surface area contributed by atoms with Crippen LogP contribution in [0.4, 0.5) is 0 Å². The monoisotopic (exact) mass is 369 g/mol. The first kappa shape index (κ1) is 18.6. The second-order valence-electron chi connectivity index (χ2n) is 7.41. The minimum Gasteiger partial charge on any atom is -0.396 e. The van der Waals surface area contributed by atoms with Gasteiger partial charge in [-0.1, -0.05) is 50.6 Å². The molecule has 0 fully saturated rings. The number of halogens is 1. The van der Waals surface area contributed by atoms with Crippen LogP contribution in [0.25, 0.3) is 22.8 Å². The van der Waals surface area contributed by atoms with Crippen LogP contribution < -0.4 is 0 Å². The molecule has 136 valence electrons. The molecule has 0 atom stereocenters. The van der Waals surface area contributed by atoms with Crippen LogP contribution in [0.3, 0.4) is 0 Å². The van der Waals surface area contributed by atoms with Gasteiger partial charge in [-0.25, -0.2) is 0 Å². The fraction of sp³-hybridized carbons (Fsp3) is 0.333. The zero-order chi connectivity index (χ0) is 18.9. The number of hydrogen-bond acceptors (Lipinski definition) is 3. The Morgan fingerprint density at radius 1 is 1.12 bits per heavy atom. The van der Waals surface area contributed by atoms with Crippen molar-refractivity contribution in [3.8, 4) is 5.69 Å². The van der Waals surface area contributed by atoms with Crippen molar-refractivity contribution in [2.24, 2.45) is 0 Å². The lowest BCUT2D eigenvalue weighted by atomic mass is 9.81. The summed E-state index contributed by atoms with van der Waals surface area (Å²) in [7, 11) is 0. The summed E-state index contributed by atoms with van der Waals surface area (Å²) in [5.41, 5.74) is 5.73. The first-order chi connectivity index (χ1) is 12.3. The standard InChI is InChI=1S/C21H24ClN3O/c1-5-6-14-11-17(21(2,3)4)16(9-10-26)20(12-14)25-23-18-8-7-15(22)13-19(18)24-25/h5-8,11-13,26H,9-10H2,1-4H3. The molecule has 26 heavy (non-hydrogen) atoms. The Morgan fingerprint density at radius 2 is 1.85 bits per heavy atom. The van der Waals surface area contributed by atoms with Gasteiger partial charge in [0.1, 0.15) is 11.0 Å². The zero-order valence-electron chi connectivity index (χ0n) is 15.6. The fourth-order valence-electron chi connectivity index (χ4n) is 3.18. The highest BCUT2D eigenvalue weighted by atomic mass is 35.5. The molecule has 0 spiro atoms. The normalized spacial score (nSPS) is 12.4. The Kier molecular flexibility index (Phi) is 5.17. The Labute approximate surface area is 159 Å². The molecule has 0 saturated carbocycles. The third-order valence-corrected chi connectivity index (χ3v) is 4.57. The molecule has 4 nitrogen and oxygen atoms in total. The molecule has 0 radical (unpaired) electrons. The second kappa shape index (κ2) is 7.22. The van der Waals surface area contributed by atoms with Crippen molar-refractivity contribution < 1.29 is 5.11 Å². The zero-order valence-corrected chi connectivity index (χ0v) is 16.4. The lowest BCUT2D eigenvalue weighted by Crippen LogP contribution is -2.18. The SMILES string of the molecule is CC=Cc1cc(-n2nc3ccc(Cl)cc3n2)c(CCO)c(C(C)(C)C)c1. The Morgan fingerprint density at radius 3 is 2.50 bits per heavy atom. The Hall–Kier alpha value is -2.17. The maximum absolute atomic E-state index is 9.65. The summed E-state index contributed by atoms with van der Waals surface area (Å²) in [6.45, 7) is 8.61. The van der Waals surface area contributed by atoms with E-state index in [1.54, 1.807) is 4.80 Å². The summed E-state index contributed by atoms with van der Waals surface area (Å²) in [6, 6.07) is 9.75. The summed E-state index contributed by atoms with van der Waals surface area (Å²) in [5.74, 6) is 0. The quantitative estimate of drug-likeness (QED) is 0.708. The van der Waals surface area contributed by atoms with Crippen LogP contribution in [-0.4, -0.2) is 26.7 Å². The molecule has 3 rings (SSSR count). The van der Waals surface area contributed by atoms with E-state index >= 15 is 0 Å².